The van der Waals surface area contributed by atoms with E-state index in [-0.39, 0.29) is 5.91 Å². The summed E-state index contributed by atoms with van der Waals surface area (Å²) in [5.41, 5.74) is -0.0864. The summed E-state index contributed by atoms with van der Waals surface area (Å²) in [6.07, 6.45) is 0.675. The van der Waals surface area contributed by atoms with E-state index in [1.807, 2.05) is 6.92 Å². The van der Waals surface area contributed by atoms with Crippen molar-refractivity contribution >= 4 is 5.91 Å². The maximum Gasteiger partial charge on any atom is 0.254 e. The van der Waals surface area contributed by atoms with Crippen LogP contribution in [0.25, 0.3) is 0 Å². The van der Waals surface area contributed by atoms with Gasteiger partial charge in [0.15, 0.2) is 0 Å². The van der Waals surface area contributed by atoms with Crippen molar-refractivity contribution in [3.05, 3.63) is 29.8 Å². The molecule has 92 valence electrons. The average Bonchev–Trinajstić information content (AvgIpc) is 2.34. The molecule has 1 amide bonds. The van der Waals surface area contributed by atoms with E-state index in [0.29, 0.717) is 30.8 Å². The van der Waals surface area contributed by atoms with Crippen LogP contribution in [0.1, 0.15) is 23.7 Å². The number of carbonyl (C=O) groups is 1. The molecule has 0 aliphatic carbocycles. The molecule has 0 aromatic heterocycles. The first kappa shape index (κ1) is 11.9. The van der Waals surface area contributed by atoms with Crippen molar-refractivity contribution in [3.8, 4) is 5.75 Å². The predicted molar refractivity (Wildman–Crippen MR) is 64.1 cm³/mol. The molecule has 0 unspecified atom stereocenters. The molecule has 0 saturated carbocycles. The first-order chi connectivity index (χ1) is 8.08. The number of nitrogens with zero attached hydrogens (tertiary/aromatic N) is 1. The molecule has 17 heavy (non-hydrogen) atoms. The molecule has 1 heterocycles. The Morgan fingerprint density at radius 1 is 1.53 bits per heavy atom. The largest absolute Gasteiger partial charge is 0.497 e. The van der Waals surface area contributed by atoms with Gasteiger partial charge in [0.1, 0.15) is 5.75 Å². The van der Waals surface area contributed by atoms with Crippen molar-refractivity contribution in [2.45, 2.75) is 18.9 Å². The zero-order chi connectivity index (χ0) is 12.5. The summed E-state index contributed by atoms with van der Waals surface area (Å²) in [4.78, 5) is 13.7. The zero-order valence-corrected chi connectivity index (χ0v) is 10.1. The van der Waals surface area contributed by atoms with Crippen LogP contribution in [0.5, 0.6) is 5.75 Å². The molecule has 1 aliphatic rings. The minimum Gasteiger partial charge on any atom is -0.497 e. The van der Waals surface area contributed by atoms with E-state index in [4.69, 9.17) is 4.74 Å². The van der Waals surface area contributed by atoms with Crippen molar-refractivity contribution in [2.75, 3.05) is 20.2 Å². The van der Waals surface area contributed by atoms with E-state index >= 15 is 0 Å². The Kier molecular flexibility index (Phi) is 3.07. The van der Waals surface area contributed by atoms with E-state index in [1.165, 1.54) is 0 Å². The predicted octanol–water partition coefficient (Wildman–Crippen LogP) is 1.29. The van der Waals surface area contributed by atoms with Crippen LogP contribution < -0.4 is 4.74 Å². The number of ether oxygens (including phenoxy) is 1. The number of hydrogen-bond donors (Lipinski definition) is 1. The highest BCUT2D eigenvalue weighted by Crippen LogP contribution is 2.26. The van der Waals surface area contributed by atoms with Crippen LogP contribution in [0, 0.1) is 0 Å². The highest BCUT2D eigenvalue weighted by Gasteiger charge is 2.42. The van der Waals surface area contributed by atoms with Crippen LogP contribution in [0.2, 0.25) is 0 Å². The highest BCUT2D eigenvalue weighted by atomic mass is 16.5. The van der Waals surface area contributed by atoms with Gasteiger partial charge < -0.3 is 14.7 Å². The second kappa shape index (κ2) is 4.37. The number of rotatable bonds is 3. The van der Waals surface area contributed by atoms with Gasteiger partial charge in [0.25, 0.3) is 5.91 Å². The van der Waals surface area contributed by atoms with Gasteiger partial charge in [-0.2, -0.15) is 0 Å². The molecule has 1 aromatic carbocycles. The molecule has 4 nitrogen and oxygen atoms in total. The zero-order valence-electron chi connectivity index (χ0n) is 10.1. The Hall–Kier alpha value is -1.55. The van der Waals surface area contributed by atoms with E-state index < -0.39 is 5.60 Å². The van der Waals surface area contributed by atoms with Crippen LogP contribution in [0.3, 0.4) is 0 Å². The molecular formula is C13H17NO3. The molecule has 0 bridgehead atoms. The first-order valence-corrected chi connectivity index (χ1v) is 5.74. The van der Waals surface area contributed by atoms with Gasteiger partial charge in [-0.3, -0.25) is 4.79 Å². The van der Waals surface area contributed by atoms with Gasteiger partial charge in [-0.25, -0.2) is 0 Å². The Balaban J connectivity index is 2.06. The number of aliphatic hydroxyl groups is 1. The van der Waals surface area contributed by atoms with Crippen LogP contribution in [-0.2, 0) is 0 Å². The molecule has 1 saturated heterocycles. The SMILES string of the molecule is CCC1(O)CN(C(=O)c2cccc(OC)c2)C1. The van der Waals surface area contributed by atoms with Gasteiger partial charge in [-0.1, -0.05) is 13.0 Å². The maximum atomic E-state index is 12.1. The number of hydrogen-bond acceptors (Lipinski definition) is 3. The Morgan fingerprint density at radius 2 is 2.24 bits per heavy atom. The number of methoxy groups -OCH3 is 1. The van der Waals surface area contributed by atoms with Crippen molar-refractivity contribution in [3.63, 3.8) is 0 Å². The normalized spacial score (nSPS) is 17.5. The van der Waals surface area contributed by atoms with Crippen LogP contribution in [-0.4, -0.2) is 41.7 Å². The summed E-state index contributed by atoms with van der Waals surface area (Å²) >= 11 is 0. The lowest BCUT2D eigenvalue weighted by Gasteiger charge is -2.46. The third kappa shape index (κ3) is 2.26. The second-order valence-corrected chi connectivity index (χ2v) is 4.47. The molecule has 1 aromatic rings. The third-order valence-electron chi connectivity index (χ3n) is 3.23. The quantitative estimate of drug-likeness (QED) is 0.859. The second-order valence-electron chi connectivity index (χ2n) is 4.47. The summed E-state index contributed by atoms with van der Waals surface area (Å²) in [7, 11) is 1.57. The van der Waals surface area contributed by atoms with Gasteiger partial charge in [0, 0.05) is 5.56 Å². The van der Waals surface area contributed by atoms with Gasteiger partial charge in [-0.05, 0) is 24.6 Å². The number of amides is 1. The summed E-state index contributed by atoms with van der Waals surface area (Å²) in [5.74, 6) is 0.615. The topological polar surface area (TPSA) is 49.8 Å². The number of benzene rings is 1. The number of likely N-dealkylation sites (tertiary alicyclic amines) is 1. The summed E-state index contributed by atoms with van der Waals surface area (Å²) in [6, 6.07) is 7.06. The van der Waals surface area contributed by atoms with Gasteiger partial charge in [-0.15, -0.1) is 0 Å². The molecular weight excluding hydrogens is 218 g/mol. The average molecular weight is 235 g/mol. The lowest BCUT2D eigenvalue weighted by atomic mass is 9.90. The van der Waals surface area contributed by atoms with E-state index in [9.17, 15) is 9.90 Å². The Labute approximate surface area is 101 Å². The fourth-order valence-corrected chi connectivity index (χ4v) is 1.97. The Morgan fingerprint density at radius 3 is 2.82 bits per heavy atom. The smallest absolute Gasteiger partial charge is 0.254 e. The van der Waals surface area contributed by atoms with Crippen LogP contribution in [0.15, 0.2) is 24.3 Å². The standard InChI is InChI=1S/C13H17NO3/c1-3-13(16)8-14(9-13)12(15)10-5-4-6-11(7-10)17-2/h4-7,16H,3,8-9H2,1-2H3. The first-order valence-electron chi connectivity index (χ1n) is 5.74. The molecule has 0 radical (unpaired) electrons. The van der Waals surface area contributed by atoms with E-state index in [0.717, 1.165) is 0 Å². The summed E-state index contributed by atoms with van der Waals surface area (Å²) < 4.78 is 5.08. The maximum absolute atomic E-state index is 12.1. The van der Waals surface area contributed by atoms with Crippen molar-refractivity contribution in [1.82, 2.24) is 4.90 Å². The monoisotopic (exact) mass is 235 g/mol. The van der Waals surface area contributed by atoms with E-state index in [2.05, 4.69) is 0 Å². The van der Waals surface area contributed by atoms with Gasteiger partial charge >= 0.3 is 0 Å². The van der Waals surface area contributed by atoms with Gasteiger partial charge in [0.05, 0.1) is 25.8 Å². The molecule has 4 heteroatoms. The molecule has 1 aliphatic heterocycles. The fourth-order valence-electron chi connectivity index (χ4n) is 1.97. The summed E-state index contributed by atoms with van der Waals surface area (Å²) in [6.45, 7) is 2.76. The highest BCUT2D eigenvalue weighted by molar-refractivity contribution is 5.95. The fraction of sp³-hybridized carbons (Fsp3) is 0.462. The lowest BCUT2D eigenvalue weighted by molar-refractivity contribution is -0.0826. The Bertz CT molecular complexity index is 424. The lowest BCUT2D eigenvalue weighted by Crippen LogP contribution is -2.63. The van der Waals surface area contributed by atoms with Crippen molar-refractivity contribution in [1.29, 1.82) is 0 Å². The molecule has 1 fully saturated rings. The minimum absolute atomic E-state index is 0.0537. The van der Waals surface area contributed by atoms with Crippen LogP contribution >= 0.6 is 0 Å². The van der Waals surface area contributed by atoms with Gasteiger partial charge in [0.2, 0.25) is 0 Å². The molecule has 1 N–H and O–H groups in total. The number of carbonyl (C=O) groups excluding carboxylic acids is 1. The molecule has 2 rings (SSSR count). The number of β-amino-alcohol motifs (C(OH)–C–C–N with tert-alkyl or cyclic N) is 1. The molecule has 0 spiro atoms. The third-order valence-corrected chi connectivity index (χ3v) is 3.23. The van der Waals surface area contributed by atoms with Crippen molar-refractivity contribution < 1.29 is 14.6 Å². The van der Waals surface area contributed by atoms with E-state index in [1.54, 1.807) is 36.3 Å². The van der Waals surface area contributed by atoms with Crippen LogP contribution in [0.4, 0.5) is 0 Å². The minimum atomic E-state index is -0.686. The van der Waals surface area contributed by atoms with Crippen molar-refractivity contribution in [2.24, 2.45) is 0 Å². The summed E-state index contributed by atoms with van der Waals surface area (Å²) in [5, 5.41) is 9.87. The molecule has 0 atom stereocenters.